The number of carboxylic acid groups (broad SMARTS) is 1. The standard InChI is InChI=1S/C11H13N3O6/c1-6(2)10(11(15)16)12-8-4-3-7(13(17)18)5-9(8)14(19)20/h3-6,10,12H,1-2H3,(H,15,16). The van der Waals surface area contributed by atoms with Crippen molar-refractivity contribution in [2.75, 3.05) is 5.32 Å². The number of nitro benzene ring substituents is 2. The van der Waals surface area contributed by atoms with Gasteiger partial charge in [0, 0.05) is 6.07 Å². The van der Waals surface area contributed by atoms with E-state index >= 15 is 0 Å². The van der Waals surface area contributed by atoms with Crippen molar-refractivity contribution in [3.8, 4) is 0 Å². The van der Waals surface area contributed by atoms with E-state index in [1.54, 1.807) is 13.8 Å². The third kappa shape index (κ3) is 3.40. The second-order valence-electron chi connectivity index (χ2n) is 4.42. The van der Waals surface area contributed by atoms with Crippen LogP contribution in [-0.2, 0) is 4.79 Å². The Bertz CT molecular complexity index is 557. The lowest BCUT2D eigenvalue weighted by atomic mass is 10.0. The van der Waals surface area contributed by atoms with E-state index in [-0.39, 0.29) is 11.6 Å². The number of non-ortho nitro benzene ring substituents is 1. The molecule has 0 heterocycles. The molecule has 0 amide bonds. The molecular weight excluding hydrogens is 270 g/mol. The average molecular weight is 283 g/mol. The van der Waals surface area contributed by atoms with Gasteiger partial charge < -0.3 is 10.4 Å². The number of nitrogens with one attached hydrogen (secondary N) is 1. The third-order valence-corrected chi connectivity index (χ3v) is 2.63. The van der Waals surface area contributed by atoms with Crippen LogP contribution in [0.4, 0.5) is 17.1 Å². The van der Waals surface area contributed by atoms with Crippen LogP contribution in [0.2, 0.25) is 0 Å². The summed E-state index contributed by atoms with van der Waals surface area (Å²) in [4.78, 5) is 31.0. The number of nitrogens with zero attached hydrogens (tertiary/aromatic N) is 2. The van der Waals surface area contributed by atoms with Crippen LogP contribution >= 0.6 is 0 Å². The molecule has 1 unspecified atom stereocenters. The van der Waals surface area contributed by atoms with Crippen molar-refractivity contribution in [1.29, 1.82) is 0 Å². The zero-order valence-corrected chi connectivity index (χ0v) is 10.8. The molecule has 0 bridgehead atoms. The Kier molecular flexibility index (Phi) is 4.57. The minimum absolute atomic E-state index is 0.0679. The van der Waals surface area contributed by atoms with Crippen LogP contribution in [0.3, 0.4) is 0 Å². The second kappa shape index (κ2) is 5.95. The Labute approximate surface area is 113 Å². The van der Waals surface area contributed by atoms with Gasteiger partial charge in [0.1, 0.15) is 11.7 Å². The number of hydrogen-bond donors (Lipinski definition) is 2. The molecule has 0 aliphatic carbocycles. The Morgan fingerprint density at radius 1 is 1.25 bits per heavy atom. The second-order valence-corrected chi connectivity index (χ2v) is 4.42. The maximum atomic E-state index is 11.1. The summed E-state index contributed by atoms with van der Waals surface area (Å²) in [6, 6.07) is 1.97. The summed E-state index contributed by atoms with van der Waals surface area (Å²) in [6.45, 7) is 3.28. The number of anilines is 1. The molecule has 0 saturated carbocycles. The molecule has 0 aromatic heterocycles. The molecule has 0 saturated heterocycles. The Hall–Kier alpha value is -2.71. The molecule has 20 heavy (non-hydrogen) atoms. The fourth-order valence-electron chi connectivity index (χ4n) is 1.59. The first-order chi connectivity index (χ1) is 9.23. The molecule has 1 aromatic rings. The van der Waals surface area contributed by atoms with Crippen LogP contribution in [0, 0.1) is 26.1 Å². The van der Waals surface area contributed by atoms with Gasteiger partial charge in [-0.2, -0.15) is 0 Å². The predicted octanol–water partition coefficient (Wildman–Crippen LogP) is 2.02. The Morgan fingerprint density at radius 3 is 2.25 bits per heavy atom. The number of carbonyl (C=O) groups is 1. The lowest BCUT2D eigenvalue weighted by Crippen LogP contribution is -2.34. The monoisotopic (exact) mass is 283 g/mol. The van der Waals surface area contributed by atoms with Gasteiger partial charge in [-0.15, -0.1) is 0 Å². The molecule has 0 aliphatic heterocycles. The van der Waals surface area contributed by atoms with E-state index in [4.69, 9.17) is 5.11 Å². The first-order valence-corrected chi connectivity index (χ1v) is 5.66. The zero-order valence-electron chi connectivity index (χ0n) is 10.8. The van der Waals surface area contributed by atoms with E-state index < -0.39 is 33.2 Å². The van der Waals surface area contributed by atoms with Crippen molar-refractivity contribution in [3.63, 3.8) is 0 Å². The summed E-state index contributed by atoms with van der Waals surface area (Å²) < 4.78 is 0. The Morgan fingerprint density at radius 2 is 1.85 bits per heavy atom. The van der Waals surface area contributed by atoms with Gasteiger partial charge >= 0.3 is 5.97 Å². The topological polar surface area (TPSA) is 136 Å². The highest BCUT2D eigenvalue weighted by Gasteiger charge is 2.26. The summed E-state index contributed by atoms with van der Waals surface area (Å²) in [5.41, 5.74) is -1.04. The quantitative estimate of drug-likeness (QED) is 0.602. The number of benzene rings is 1. The van der Waals surface area contributed by atoms with Crippen molar-refractivity contribution in [3.05, 3.63) is 38.4 Å². The zero-order chi connectivity index (χ0) is 15.4. The summed E-state index contributed by atoms with van der Waals surface area (Å²) in [5, 5.41) is 33.1. The van der Waals surface area contributed by atoms with E-state index in [0.29, 0.717) is 0 Å². The van der Waals surface area contributed by atoms with Gasteiger partial charge in [-0.25, -0.2) is 4.79 Å². The largest absolute Gasteiger partial charge is 0.480 e. The van der Waals surface area contributed by atoms with Gasteiger partial charge in [0.2, 0.25) is 0 Å². The van der Waals surface area contributed by atoms with Crippen LogP contribution in [-0.4, -0.2) is 27.0 Å². The van der Waals surface area contributed by atoms with E-state index in [2.05, 4.69) is 5.32 Å². The number of carboxylic acids is 1. The summed E-state index contributed by atoms with van der Waals surface area (Å²) in [5.74, 6) is -1.48. The SMILES string of the molecule is CC(C)C(Nc1ccc([N+](=O)[O-])cc1[N+](=O)[O-])C(=O)O. The van der Waals surface area contributed by atoms with Crippen molar-refractivity contribution in [2.45, 2.75) is 19.9 Å². The van der Waals surface area contributed by atoms with Gasteiger partial charge in [0.25, 0.3) is 11.4 Å². The molecule has 0 fully saturated rings. The fourth-order valence-corrected chi connectivity index (χ4v) is 1.59. The minimum Gasteiger partial charge on any atom is -0.480 e. The molecule has 2 N–H and O–H groups in total. The minimum atomic E-state index is -1.16. The maximum Gasteiger partial charge on any atom is 0.326 e. The van der Waals surface area contributed by atoms with Crippen LogP contribution in [0.15, 0.2) is 18.2 Å². The lowest BCUT2D eigenvalue weighted by Gasteiger charge is -2.18. The summed E-state index contributed by atoms with van der Waals surface area (Å²) in [6.07, 6.45) is 0. The summed E-state index contributed by atoms with van der Waals surface area (Å²) in [7, 11) is 0. The molecule has 108 valence electrons. The molecule has 0 aliphatic rings. The number of rotatable bonds is 6. The predicted molar refractivity (Wildman–Crippen MR) is 69.6 cm³/mol. The molecular formula is C11H13N3O6. The lowest BCUT2D eigenvalue weighted by molar-refractivity contribution is -0.393. The smallest absolute Gasteiger partial charge is 0.326 e. The van der Waals surface area contributed by atoms with E-state index in [0.717, 1.165) is 18.2 Å². The van der Waals surface area contributed by atoms with Crippen LogP contribution in [0.1, 0.15) is 13.8 Å². The molecule has 0 spiro atoms. The Balaban J connectivity index is 3.20. The first-order valence-electron chi connectivity index (χ1n) is 5.66. The van der Waals surface area contributed by atoms with Crippen molar-refractivity contribution in [2.24, 2.45) is 5.92 Å². The average Bonchev–Trinajstić information content (AvgIpc) is 2.34. The molecule has 1 rings (SSSR count). The van der Waals surface area contributed by atoms with Crippen LogP contribution < -0.4 is 5.32 Å². The van der Waals surface area contributed by atoms with Gasteiger partial charge in [-0.3, -0.25) is 20.2 Å². The van der Waals surface area contributed by atoms with E-state index in [1.165, 1.54) is 0 Å². The van der Waals surface area contributed by atoms with Crippen molar-refractivity contribution < 1.29 is 19.7 Å². The summed E-state index contributed by atoms with van der Waals surface area (Å²) >= 11 is 0. The van der Waals surface area contributed by atoms with Gasteiger partial charge in [0.15, 0.2) is 0 Å². The van der Waals surface area contributed by atoms with Gasteiger partial charge in [-0.1, -0.05) is 13.8 Å². The third-order valence-electron chi connectivity index (χ3n) is 2.63. The van der Waals surface area contributed by atoms with Gasteiger partial charge in [0.05, 0.1) is 15.9 Å². The number of nitro groups is 2. The van der Waals surface area contributed by atoms with Crippen LogP contribution in [0.5, 0.6) is 0 Å². The van der Waals surface area contributed by atoms with E-state index in [1.807, 2.05) is 0 Å². The normalized spacial score (nSPS) is 11.9. The highest BCUT2D eigenvalue weighted by atomic mass is 16.6. The van der Waals surface area contributed by atoms with Crippen molar-refractivity contribution >= 4 is 23.0 Å². The van der Waals surface area contributed by atoms with Gasteiger partial charge in [-0.05, 0) is 12.0 Å². The first kappa shape index (κ1) is 15.3. The number of hydrogen-bond acceptors (Lipinski definition) is 6. The van der Waals surface area contributed by atoms with Crippen molar-refractivity contribution in [1.82, 2.24) is 0 Å². The molecule has 1 atom stereocenters. The number of aliphatic carboxylic acids is 1. The maximum absolute atomic E-state index is 11.1. The molecule has 1 aromatic carbocycles. The highest BCUT2D eigenvalue weighted by Crippen LogP contribution is 2.30. The fraction of sp³-hybridized carbons (Fsp3) is 0.364. The van der Waals surface area contributed by atoms with Crippen LogP contribution in [0.25, 0.3) is 0 Å². The molecule has 9 heteroatoms. The highest BCUT2D eigenvalue weighted by molar-refractivity contribution is 5.79. The molecule has 0 radical (unpaired) electrons. The molecule has 9 nitrogen and oxygen atoms in total. The van der Waals surface area contributed by atoms with E-state index in [9.17, 15) is 25.0 Å².